The Bertz CT molecular complexity index is 794. The minimum Gasteiger partial charge on any atom is -0.335 e. The molecule has 162 valence electrons. The van der Waals surface area contributed by atoms with E-state index in [0.717, 1.165) is 33.8 Å². The van der Waals surface area contributed by atoms with E-state index in [1.165, 1.54) is 12.8 Å². The summed E-state index contributed by atoms with van der Waals surface area (Å²) in [5.74, 6) is 1.79. The SMILES string of the molecule is C=C/C=C(\C=C/C)c1cccc(-c2ccccc2)c1OOC(C)SCCCC.CC. The smallest absolute Gasteiger partial charge is 0.181 e. The zero-order valence-corrected chi connectivity index (χ0v) is 19.9. The molecule has 2 aromatic carbocycles. The lowest BCUT2D eigenvalue weighted by Gasteiger charge is -2.18. The van der Waals surface area contributed by atoms with Crippen LogP contribution in [0, 0.1) is 0 Å². The van der Waals surface area contributed by atoms with Crippen molar-refractivity contribution in [3.8, 4) is 16.9 Å². The molecule has 0 spiro atoms. The van der Waals surface area contributed by atoms with Gasteiger partial charge in [-0.2, -0.15) is 4.89 Å². The highest BCUT2D eigenvalue weighted by Gasteiger charge is 2.16. The molecule has 0 aliphatic carbocycles. The maximum absolute atomic E-state index is 5.96. The van der Waals surface area contributed by atoms with Crippen LogP contribution in [0.25, 0.3) is 16.7 Å². The van der Waals surface area contributed by atoms with Crippen molar-refractivity contribution in [3.63, 3.8) is 0 Å². The molecule has 0 heterocycles. The number of rotatable bonds is 11. The lowest BCUT2D eigenvalue weighted by Crippen LogP contribution is -2.09. The lowest BCUT2D eigenvalue weighted by molar-refractivity contribution is -0.213. The normalized spacial score (nSPS) is 12.2. The van der Waals surface area contributed by atoms with Crippen molar-refractivity contribution in [2.45, 2.75) is 52.9 Å². The van der Waals surface area contributed by atoms with Crippen LogP contribution in [0.15, 0.2) is 79.4 Å². The Kier molecular flexibility index (Phi) is 13.4. The van der Waals surface area contributed by atoms with Crippen LogP contribution in [0.5, 0.6) is 5.75 Å². The van der Waals surface area contributed by atoms with Gasteiger partial charge in [-0.15, -0.1) is 11.8 Å². The van der Waals surface area contributed by atoms with Crippen LogP contribution in [-0.4, -0.2) is 11.2 Å². The predicted octanol–water partition coefficient (Wildman–Crippen LogP) is 8.72. The molecule has 30 heavy (non-hydrogen) atoms. The van der Waals surface area contributed by atoms with E-state index < -0.39 is 0 Å². The van der Waals surface area contributed by atoms with E-state index in [4.69, 9.17) is 9.78 Å². The fourth-order valence-corrected chi connectivity index (χ4v) is 3.66. The number of hydrogen-bond acceptors (Lipinski definition) is 3. The van der Waals surface area contributed by atoms with Crippen molar-refractivity contribution in [2.24, 2.45) is 0 Å². The third kappa shape index (κ3) is 8.25. The number of hydrogen-bond donors (Lipinski definition) is 0. The zero-order chi connectivity index (χ0) is 22.2. The summed E-state index contributed by atoms with van der Waals surface area (Å²) < 4.78 is 0. The standard InChI is InChI=1S/C25H30O2S.C2H6/c1-5-8-19-28-20(4)26-27-25-23(21(13-6-2)14-7-3)17-12-18-24(25)22-15-10-9-11-16-22;1-2/h6-7,9-18,20H,2,5,8,19H2,1,3-4H3;1-2H3/b14-7-,21-13+;. The minimum absolute atomic E-state index is 0.0446. The Hall–Kier alpha value is -2.23. The van der Waals surface area contributed by atoms with E-state index in [2.05, 4.69) is 43.8 Å². The van der Waals surface area contributed by atoms with Gasteiger partial charge in [0.25, 0.3) is 0 Å². The molecule has 0 aromatic heterocycles. The van der Waals surface area contributed by atoms with Gasteiger partial charge in [0.1, 0.15) is 5.44 Å². The lowest BCUT2D eigenvalue weighted by atomic mass is 9.97. The van der Waals surface area contributed by atoms with Crippen LogP contribution in [0.2, 0.25) is 0 Å². The number of benzene rings is 2. The van der Waals surface area contributed by atoms with Crippen molar-refractivity contribution in [2.75, 3.05) is 5.75 Å². The van der Waals surface area contributed by atoms with Crippen LogP contribution in [0.1, 0.15) is 53.0 Å². The van der Waals surface area contributed by atoms with Crippen molar-refractivity contribution in [1.29, 1.82) is 0 Å². The molecule has 2 nitrogen and oxygen atoms in total. The number of para-hydroxylation sites is 1. The van der Waals surface area contributed by atoms with Gasteiger partial charge in [-0.05, 0) is 37.2 Å². The summed E-state index contributed by atoms with van der Waals surface area (Å²) in [6, 6.07) is 16.4. The topological polar surface area (TPSA) is 18.5 Å². The molecule has 0 aliphatic rings. The van der Waals surface area contributed by atoms with E-state index >= 15 is 0 Å². The Morgan fingerprint density at radius 2 is 1.83 bits per heavy atom. The van der Waals surface area contributed by atoms with Gasteiger partial charge < -0.3 is 4.89 Å². The third-order valence-electron chi connectivity index (χ3n) is 4.17. The molecule has 0 radical (unpaired) electrons. The molecule has 3 heteroatoms. The van der Waals surface area contributed by atoms with Gasteiger partial charge in [0.05, 0.1) is 0 Å². The first-order valence-electron chi connectivity index (χ1n) is 10.8. The first kappa shape index (κ1) is 25.8. The van der Waals surface area contributed by atoms with Crippen molar-refractivity contribution in [1.82, 2.24) is 0 Å². The van der Waals surface area contributed by atoms with Gasteiger partial charge >= 0.3 is 0 Å². The highest BCUT2D eigenvalue weighted by atomic mass is 32.2. The van der Waals surface area contributed by atoms with E-state index in [9.17, 15) is 0 Å². The highest BCUT2D eigenvalue weighted by Crippen LogP contribution is 2.38. The maximum atomic E-state index is 5.96. The zero-order valence-electron chi connectivity index (χ0n) is 19.1. The van der Waals surface area contributed by atoms with Crippen molar-refractivity contribution >= 4 is 17.3 Å². The molecule has 0 saturated heterocycles. The summed E-state index contributed by atoms with van der Waals surface area (Å²) in [5, 5.41) is 0. The van der Waals surface area contributed by atoms with Crippen LogP contribution in [-0.2, 0) is 4.89 Å². The van der Waals surface area contributed by atoms with Crippen molar-refractivity contribution in [3.05, 3.63) is 85.0 Å². The largest absolute Gasteiger partial charge is 0.335 e. The Balaban J connectivity index is 0.00000218. The van der Waals surface area contributed by atoms with E-state index in [1.807, 2.05) is 64.1 Å². The molecular weight excluding hydrogens is 388 g/mol. The first-order valence-corrected chi connectivity index (χ1v) is 11.8. The number of thioether (sulfide) groups is 1. The van der Waals surface area contributed by atoms with Gasteiger partial charge in [0.15, 0.2) is 5.75 Å². The van der Waals surface area contributed by atoms with Crippen LogP contribution < -0.4 is 4.89 Å². The van der Waals surface area contributed by atoms with Crippen molar-refractivity contribution < 1.29 is 9.78 Å². The summed E-state index contributed by atoms with van der Waals surface area (Å²) in [7, 11) is 0. The number of unbranched alkanes of at least 4 members (excludes halogenated alkanes) is 1. The number of allylic oxidation sites excluding steroid dienone is 5. The fraction of sp³-hybridized carbons (Fsp3) is 0.333. The summed E-state index contributed by atoms with van der Waals surface area (Å²) in [4.78, 5) is 11.7. The molecular formula is C27H36O2S. The predicted molar refractivity (Wildman–Crippen MR) is 135 cm³/mol. The van der Waals surface area contributed by atoms with E-state index in [1.54, 1.807) is 17.8 Å². The fourth-order valence-electron chi connectivity index (χ4n) is 2.78. The van der Waals surface area contributed by atoms with Gasteiger partial charge in [0, 0.05) is 11.1 Å². The minimum atomic E-state index is -0.0446. The van der Waals surface area contributed by atoms with E-state index in [-0.39, 0.29) is 5.44 Å². The molecule has 2 aromatic rings. The molecule has 0 saturated carbocycles. The monoisotopic (exact) mass is 424 g/mol. The molecule has 1 unspecified atom stereocenters. The van der Waals surface area contributed by atoms with Gasteiger partial charge in [-0.25, -0.2) is 0 Å². The third-order valence-corrected chi connectivity index (χ3v) is 5.24. The highest BCUT2D eigenvalue weighted by molar-refractivity contribution is 7.99. The molecule has 1 atom stereocenters. The molecule has 0 fully saturated rings. The Morgan fingerprint density at radius 3 is 2.47 bits per heavy atom. The second kappa shape index (κ2) is 15.6. The first-order chi connectivity index (χ1) is 14.7. The van der Waals surface area contributed by atoms with Crippen LogP contribution >= 0.6 is 11.8 Å². The summed E-state index contributed by atoms with van der Waals surface area (Å²) in [6.45, 7) is 14.1. The van der Waals surface area contributed by atoms with Crippen LogP contribution in [0.3, 0.4) is 0 Å². The second-order valence-electron chi connectivity index (χ2n) is 6.38. The second-order valence-corrected chi connectivity index (χ2v) is 7.78. The average molecular weight is 425 g/mol. The maximum Gasteiger partial charge on any atom is 0.181 e. The molecule has 0 amide bonds. The van der Waals surface area contributed by atoms with Crippen LogP contribution in [0.4, 0.5) is 0 Å². The molecule has 0 bridgehead atoms. The van der Waals surface area contributed by atoms with E-state index in [0.29, 0.717) is 0 Å². The quantitative estimate of drug-likeness (QED) is 0.118. The summed E-state index contributed by atoms with van der Waals surface area (Å²) in [6.07, 6.45) is 10.2. The average Bonchev–Trinajstić information content (AvgIpc) is 2.79. The molecule has 2 rings (SSSR count). The Labute approximate surface area is 187 Å². The Morgan fingerprint density at radius 1 is 1.10 bits per heavy atom. The summed E-state index contributed by atoms with van der Waals surface area (Å²) >= 11 is 1.76. The van der Waals surface area contributed by atoms with Gasteiger partial charge in [0.2, 0.25) is 0 Å². The summed E-state index contributed by atoms with van der Waals surface area (Å²) in [5.41, 5.74) is 4.05. The molecule has 0 N–H and O–H groups in total. The van der Waals surface area contributed by atoms with Gasteiger partial charge in [-0.1, -0.05) is 107 Å². The molecule has 0 aliphatic heterocycles. The van der Waals surface area contributed by atoms with Gasteiger partial charge in [-0.3, -0.25) is 0 Å².